The highest BCUT2D eigenvalue weighted by Crippen LogP contribution is 2.45. The van der Waals surface area contributed by atoms with Crippen LogP contribution in [0.2, 0.25) is 0 Å². The molecule has 114 valence electrons. The van der Waals surface area contributed by atoms with Crippen molar-refractivity contribution >= 4 is 11.3 Å². The van der Waals surface area contributed by atoms with Gasteiger partial charge < -0.3 is 4.74 Å². The molecule has 4 nitrogen and oxygen atoms in total. The van der Waals surface area contributed by atoms with Crippen LogP contribution in [0.25, 0.3) is 0 Å². The number of thiazole rings is 1. The summed E-state index contributed by atoms with van der Waals surface area (Å²) in [4.78, 5) is 3.93. The van der Waals surface area contributed by atoms with Crippen LogP contribution in [-0.4, -0.2) is 17.2 Å². The average Bonchev–Trinajstić information content (AvgIpc) is 3.00. The van der Waals surface area contributed by atoms with Crippen LogP contribution in [0, 0.1) is 0 Å². The van der Waals surface area contributed by atoms with E-state index in [4.69, 9.17) is 10.6 Å². The van der Waals surface area contributed by atoms with Crippen molar-refractivity contribution in [3.05, 3.63) is 16.1 Å². The Morgan fingerprint density at radius 3 is 2.60 bits per heavy atom. The van der Waals surface area contributed by atoms with Gasteiger partial charge in [-0.3, -0.25) is 5.84 Å². The van der Waals surface area contributed by atoms with E-state index in [0.29, 0.717) is 22.8 Å². The summed E-state index contributed by atoms with van der Waals surface area (Å²) in [6.07, 6.45) is 0.379. The summed E-state index contributed by atoms with van der Waals surface area (Å²) in [6.45, 7) is 2.38. The Kier molecular flexibility index (Phi) is 4.68. The molecule has 20 heavy (non-hydrogen) atoms. The number of hydrazine groups is 1. The lowest BCUT2D eigenvalue weighted by Crippen LogP contribution is -2.46. The summed E-state index contributed by atoms with van der Waals surface area (Å²) in [5.74, 6) is 5.59. The minimum atomic E-state index is -4.42. The number of nitrogens with one attached hydrogen (secondary N) is 1. The van der Waals surface area contributed by atoms with E-state index in [2.05, 4.69) is 10.4 Å². The molecule has 3 N–H and O–H groups in total. The third-order valence-corrected chi connectivity index (χ3v) is 4.73. The average molecular weight is 309 g/mol. The third-order valence-electron chi connectivity index (χ3n) is 3.63. The monoisotopic (exact) mass is 309 g/mol. The molecule has 1 aliphatic rings. The van der Waals surface area contributed by atoms with E-state index in [1.807, 2.05) is 6.92 Å². The minimum absolute atomic E-state index is 0.460. The molecular formula is C12H18F3N3OS. The number of hydrogen-bond donors (Lipinski definition) is 2. The zero-order valence-electron chi connectivity index (χ0n) is 11.2. The molecule has 0 bridgehead atoms. The van der Waals surface area contributed by atoms with Crippen molar-refractivity contribution in [3.8, 4) is 0 Å². The van der Waals surface area contributed by atoms with Crippen molar-refractivity contribution in [2.45, 2.75) is 50.4 Å². The maximum atomic E-state index is 12.7. The van der Waals surface area contributed by atoms with Gasteiger partial charge >= 0.3 is 6.18 Å². The van der Waals surface area contributed by atoms with Crippen molar-refractivity contribution in [1.82, 2.24) is 10.4 Å². The molecule has 1 atom stereocenters. The molecule has 1 fully saturated rings. The molecule has 0 spiro atoms. The molecule has 1 heterocycles. The molecule has 8 heteroatoms. The quantitative estimate of drug-likeness (QED) is 0.648. The van der Waals surface area contributed by atoms with Gasteiger partial charge in [0.05, 0.1) is 11.6 Å². The van der Waals surface area contributed by atoms with E-state index < -0.39 is 22.8 Å². The molecule has 2 rings (SSSR count). The minimum Gasteiger partial charge on any atom is -0.373 e. The van der Waals surface area contributed by atoms with Gasteiger partial charge in [0.15, 0.2) is 5.01 Å². The number of alkyl halides is 3. The van der Waals surface area contributed by atoms with E-state index in [1.54, 1.807) is 0 Å². The smallest absolute Gasteiger partial charge is 0.373 e. The van der Waals surface area contributed by atoms with E-state index >= 15 is 0 Å². The lowest BCUT2D eigenvalue weighted by molar-refractivity contribution is -0.137. The standard InChI is InChI=1S/C12H18F3N3OS/c1-2-19-11(5-3-4-6-11)9(18-16)8-7-17-10(20-8)12(13,14)15/h7,9,18H,2-6,16H2,1H3. The highest BCUT2D eigenvalue weighted by Gasteiger charge is 2.44. The fourth-order valence-electron chi connectivity index (χ4n) is 2.82. The first kappa shape index (κ1) is 15.7. The maximum Gasteiger partial charge on any atom is 0.443 e. The predicted molar refractivity (Wildman–Crippen MR) is 70.0 cm³/mol. The lowest BCUT2D eigenvalue weighted by Gasteiger charge is -2.36. The van der Waals surface area contributed by atoms with Crippen LogP contribution in [0.3, 0.4) is 0 Å². The Hall–Kier alpha value is -0.700. The second-order valence-corrected chi connectivity index (χ2v) is 5.93. The second-order valence-electron chi connectivity index (χ2n) is 4.87. The van der Waals surface area contributed by atoms with Gasteiger partial charge in [-0.2, -0.15) is 13.2 Å². The number of aromatic nitrogens is 1. The molecule has 1 aromatic heterocycles. The van der Waals surface area contributed by atoms with Gasteiger partial charge in [0.2, 0.25) is 0 Å². The zero-order chi connectivity index (χ0) is 14.8. The fourth-order valence-corrected chi connectivity index (χ4v) is 3.77. The first-order valence-corrected chi connectivity index (χ1v) is 7.37. The molecule has 0 aromatic carbocycles. The fraction of sp³-hybridized carbons (Fsp3) is 0.750. The number of nitrogens with two attached hydrogens (primary N) is 1. The van der Waals surface area contributed by atoms with Crippen LogP contribution in [0.15, 0.2) is 6.20 Å². The van der Waals surface area contributed by atoms with Gasteiger partial charge in [-0.25, -0.2) is 10.4 Å². The normalized spacial score (nSPS) is 20.2. The molecular weight excluding hydrogens is 291 g/mol. The van der Waals surface area contributed by atoms with Gasteiger partial charge in [-0.15, -0.1) is 11.3 Å². The molecule has 1 aromatic rings. The number of nitrogens with zero attached hydrogens (tertiary/aromatic N) is 1. The zero-order valence-corrected chi connectivity index (χ0v) is 12.0. The molecule has 0 amide bonds. The van der Waals surface area contributed by atoms with E-state index in [-0.39, 0.29) is 0 Å². The topological polar surface area (TPSA) is 60.2 Å². The first-order chi connectivity index (χ1) is 9.43. The summed E-state index contributed by atoms with van der Waals surface area (Å²) in [6, 6.07) is -0.460. The summed E-state index contributed by atoms with van der Waals surface area (Å²) < 4.78 is 43.8. The Labute approximate surface area is 119 Å². The van der Waals surface area contributed by atoms with Crippen LogP contribution < -0.4 is 11.3 Å². The van der Waals surface area contributed by atoms with Gasteiger partial charge in [-0.05, 0) is 19.8 Å². The predicted octanol–water partition coefficient (Wildman–Crippen LogP) is 3.02. The van der Waals surface area contributed by atoms with Gasteiger partial charge in [0.25, 0.3) is 0 Å². The van der Waals surface area contributed by atoms with Crippen molar-refractivity contribution in [3.63, 3.8) is 0 Å². The van der Waals surface area contributed by atoms with Crippen LogP contribution in [0.1, 0.15) is 48.5 Å². The van der Waals surface area contributed by atoms with Crippen LogP contribution in [0.5, 0.6) is 0 Å². The SMILES string of the molecule is CCOC1(C(NN)c2cnc(C(F)(F)F)s2)CCCC1. The highest BCUT2D eigenvalue weighted by atomic mass is 32.1. The summed E-state index contributed by atoms with van der Waals surface area (Å²) >= 11 is 0.625. The number of rotatable bonds is 5. The van der Waals surface area contributed by atoms with Crippen LogP contribution in [0.4, 0.5) is 13.2 Å². The summed E-state index contributed by atoms with van der Waals surface area (Å²) in [7, 11) is 0. The third kappa shape index (κ3) is 2.98. The van der Waals surface area contributed by atoms with Gasteiger partial charge in [0.1, 0.15) is 0 Å². The Bertz CT molecular complexity index is 443. The number of hydrogen-bond acceptors (Lipinski definition) is 5. The van der Waals surface area contributed by atoms with E-state index in [0.717, 1.165) is 25.7 Å². The summed E-state index contributed by atoms with van der Waals surface area (Å²) in [5, 5.41) is -0.850. The molecule has 0 saturated heterocycles. The molecule has 1 aliphatic carbocycles. The largest absolute Gasteiger partial charge is 0.443 e. The first-order valence-electron chi connectivity index (χ1n) is 6.56. The Balaban J connectivity index is 2.29. The van der Waals surface area contributed by atoms with E-state index in [9.17, 15) is 13.2 Å². The van der Waals surface area contributed by atoms with Crippen molar-refractivity contribution in [2.24, 2.45) is 5.84 Å². The lowest BCUT2D eigenvalue weighted by atomic mass is 9.91. The van der Waals surface area contributed by atoms with Crippen LogP contribution in [-0.2, 0) is 10.9 Å². The number of halogens is 3. The Morgan fingerprint density at radius 1 is 1.50 bits per heavy atom. The van der Waals surface area contributed by atoms with Gasteiger partial charge in [0, 0.05) is 17.7 Å². The van der Waals surface area contributed by atoms with Crippen molar-refractivity contribution in [1.29, 1.82) is 0 Å². The second kappa shape index (κ2) is 5.97. The maximum absolute atomic E-state index is 12.7. The highest BCUT2D eigenvalue weighted by molar-refractivity contribution is 7.11. The summed E-state index contributed by atoms with van der Waals surface area (Å²) in [5.41, 5.74) is 2.10. The van der Waals surface area contributed by atoms with E-state index in [1.165, 1.54) is 6.20 Å². The molecule has 1 unspecified atom stereocenters. The number of ether oxygens (including phenoxy) is 1. The van der Waals surface area contributed by atoms with Crippen molar-refractivity contribution in [2.75, 3.05) is 6.61 Å². The van der Waals surface area contributed by atoms with Gasteiger partial charge in [-0.1, -0.05) is 12.8 Å². The molecule has 0 radical (unpaired) electrons. The Morgan fingerprint density at radius 2 is 2.15 bits per heavy atom. The molecule has 0 aliphatic heterocycles. The van der Waals surface area contributed by atoms with Crippen molar-refractivity contribution < 1.29 is 17.9 Å². The molecule has 1 saturated carbocycles. The van der Waals surface area contributed by atoms with Crippen LogP contribution >= 0.6 is 11.3 Å².